The molecule has 0 bridgehead atoms. The van der Waals surface area contributed by atoms with E-state index in [1.54, 1.807) is 0 Å². The summed E-state index contributed by atoms with van der Waals surface area (Å²) in [7, 11) is 0. The summed E-state index contributed by atoms with van der Waals surface area (Å²) in [5.74, 6) is -1.65. The second-order valence-corrected chi connectivity index (χ2v) is 8.63. The molecule has 7 N–H and O–H groups in total. The van der Waals surface area contributed by atoms with Crippen LogP contribution in [0.25, 0.3) is 0 Å². The molecule has 0 fully saturated rings. The molecule has 0 heterocycles. The van der Waals surface area contributed by atoms with E-state index in [4.69, 9.17) is 35.7 Å². The molecule has 4 atom stereocenters. The Hall–Kier alpha value is -2.11. The molecule has 0 amide bonds. The molecule has 218 valence electrons. The Bertz CT molecular complexity index is 580. The second-order valence-electron chi connectivity index (χ2n) is 8.63. The third-order valence-electron chi connectivity index (χ3n) is 5.25. The molecule has 0 aromatic rings. The molecule has 0 aliphatic carbocycles. The van der Waals surface area contributed by atoms with E-state index in [-0.39, 0.29) is 6.29 Å². The first kappa shape index (κ1) is 39.4. The lowest BCUT2D eigenvalue weighted by atomic mass is 10.0. The van der Waals surface area contributed by atoms with Crippen LogP contribution in [0.3, 0.4) is 0 Å². The Morgan fingerprint density at radius 2 is 1.19 bits per heavy atom. The smallest absolute Gasteiger partial charge is 0.327 e. The maximum atomic E-state index is 10.3. The van der Waals surface area contributed by atoms with Gasteiger partial charge in [0.05, 0.1) is 6.61 Å². The fourth-order valence-corrected chi connectivity index (χ4v) is 2.97. The number of carboxylic acids is 2. The summed E-state index contributed by atoms with van der Waals surface area (Å²) in [6.07, 6.45) is 15.2. The summed E-state index contributed by atoms with van der Waals surface area (Å²) in [5.41, 5.74) is 0. The molecule has 0 unspecified atom stereocenters. The number of hydrogen-bond donors (Lipinski definition) is 7. The fourth-order valence-electron chi connectivity index (χ4n) is 2.97. The largest absolute Gasteiger partial charge is 0.481 e. The van der Waals surface area contributed by atoms with Crippen LogP contribution in [0, 0.1) is 0 Å². The molecule has 0 saturated carbocycles. The van der Waals surface area contributed by atoms with E-state index in [9.17, 15) is 14.4 Å². The minimum absolute atomic E-state index is 0.0258. The number of carboxylic acid groups (broad SMARTS) is 2. The van der Waals surface area contributed by atoms with Crippen LogP contribution in [0.15, 0.2) is 24.8 Å². The summed E-state index contributed by atoms with van der Waals surface area (Å²) in [6.45, 7) is 4.46. The van der Waals surface area contributed by atoms with Gasteiger partial charge in [0.25, 0.3) is 0 Å². The van der Waals surface area contributed by atoms with E-state index in [1.807, 2.05) is 0 Å². The van der Waals surface area contributed by atoms with Crippen molar-refractivity contribution in [1.29, 1.82) is 0 Å². The zero-order valence-corrected chi connectivity index (χ0v) is 22.3. The lowest BCUT2D eigenvalue weighted by molar-refractivity contribution is -0.137. The molecule has 0 aliphatic rings. The van der Waals surface area contributed by atoms with Crippen molar-refractivity contribution in [2.75, 3.05) is 6.61 Å². The van der Waals surface area contributed by atoms with Gasteiger partial charge in [0.15, 0.2) is 6.29 Å². The van der Waals surface area contributed by atoms with Crippen LogP contribution in [-0.2, 0) is 14.4 Å². The van der Waals surface area contributed by atoms with E-state index in [2.05, 4.69) is 25.7 Å². The zero-order valence-electron chi connectivity index (χ0n) is 22.3. The third kappa shape index (κ3) is 31.9. The van der Waals surface area contributed by atoms with Crippen molar-refractivity contribution in [1.82, 2.24) is 0 Å². The van der Waals surface area contributed by atoms with Crippen molar-refractivity contribution in [3.05, 3.63) is 24.8 Å². The quantitative estimate of drug-likeness (QED) is 0.0498. The van der Waals surface area contributed by atoms with E-state index in [1.165, 1.54) is 70.6 Å². The molecule has 0 aromatic carbocycles. The van der Waals surface area contributed by atoms with Crippen LogP contribution in [0.2, 0.25) is 0 Å². The molecular weight excluding hydrogens is 484 g/mol. The number of unbranched alkanes of at least 4 members (excludes halogenated alkanes) is 11. The van der Waals surface area contributed by atoms with E-state index >= 15 is 0 Å². The Labute approximate surface area is 221 Å². The highest BCUT2D eigenvalue weighted by Gasteiger charge is 2.29. The fraction of sp³-hybridized carbons (Fsp3) is 0.741. The molecule has 37 heavy (non-hydrogen) atoms. The van der Waals surface area contributed by atoms with Crippen molar-refractivity contribution in [2.45, 2.75) is 121 Å². The molecular formula is C27H50O10. The first-order chi connectivity index (χ1) is 17.6. The average molecular weight is 535 g/mol. The van der Waals surface area contributed by atoms with Crippen molar-refractivity contribution < 1.29 is 50.1 Å². The van der Waals surface area contributed by atoms with Crippen molar-refractivity contribution in [3.63, 3.8) is 0 Å². The van der Waals surface area contributed by atoms with Gasteiger partial charge in [0, 0.05) is 12.5 Å². The molecule has 0 rings (SSSR count). The van der Waals surface area contributed by atoms with Crippen LogP contribution >= 0.6 is 0 Å². The Morgan fingerprint density at radius 1 is 0.757 bits per heavy atom. The highest BCUT2D eigenvalue weighted by Crippen LogP contribution is 2.10. The molecule has 0 saturated heterocycles. The Kier molecular flexibility index (Phi) is 32.1. The van der Waals surface area contributed by atoms with Gasteiger partial charge in [-0.3, -0.25) is 4.79 Å². The summed E-state index contributed by atoms with van der Waals surface area (Å²) in [6, 6.07) is 0. The molecule has 10 nitrogen and oxygen atoms in total. The van der Waals surface area contributed by atoms with Crippen LogP contribution < -0.4 is 0 Å². The van der Waals surface area contributed by atoms with Gasteiger partial charge in [-0.15, -0.1) is 0 Å². The van der Waals surface area contributed by atoms with Crippen molar-refractivity contribution >= 4 is 18.2 Å². The van der Waals surface area contributed by atoms with Crippen LogP contribution in [0.5, 0.6) is 0 Å². The van der Waals surface area contributed by atoms with Gasteiger partial charge in [0.1, 0.15) is 24.4 Å². The van der Waals surface area contributed by atoms with Gasteiger partial charge in [-0.1, -0.05) is 77.0 Å². The standard InChI is InChI=1S/C18H34O2.C6H12O6.C3H4O2/c1-2-3-4-5-6-7-8-9-10-11-12-13-14-15-16-17-18(19)20;7-1-3(9)5(11)6(12)4(10)2-8;1-2-3(4)5/h9-10H,2-8,11-17H2,1H3,(H,19,20);1,3-6,8-12H,2H2;2H,1H2,(H,4,5)/b10-9-;;/t;3-,4+,5+,6+;/m.0./s1. The minimum atomic E-state index is -1.79. The van der Waals surface area contributed by atoms with Crippen LogP contribution in [0.1, 0.15) is 96.8 Å². The zero-order chi connectivity index (χ0) is 28.9. The summed E-state index contributed by atoms with van der Waals surface area (Å²) in [5, 5.41) is 59.6. The predicted octanol–water partition coefficient (Wildman–Crippen LogP) is 2.99. The normalized spacial score (nSPS) is 13.8. The summed E-state index contributed by atoms with van der Waals surface area (Å²) < 4.78 is 0. The van der Waals surface area contributed by atoms with Crippen molar-refractivity contribution in [2.24, 2.45) is 0 Å². The lowest BCUT2D eigenvalue weighted by Gasteiger charge is -2.22. The monoisotopic (exact) mass is 534 g/mol. The van der Waals surface area contributed by atoms with Gasteiger partial charge in [0.2, 0.25) is 0 Å². The molecule has 0 aromatic heterocycles. The van der Waals surface area contributed by atoms with Gasteiger partial charge in [-0.2, -0.15) is 0 Å². The van der Waals surface area contributed by atoms with Crippen LogP contribution in [-0.4, -0.2) is 85.0 Å². The minimum Gasteiger partial charge on any atom is -0.481 e. The lowest BCUT2D eigenvalue weighted by Crippen LogP contribution is -2.46. The molecule has 10 heteroatoms. The highest BCUT2D eigenvalue weighted by atomic mass is 16.4. The van der Waals surface area contributed by atoms with E-state index in [0.717, 1.165) is 18.9 Å². The van der Waals surface area contributed by atoms with Gasteiger partial charge < -0.3 is 40.5 Å². The molecule has 0 spiro atoms. The number of aliphatic carboxylic acids is 2. The maximum absolute atomic E-state index is 10.3. The first-order valence-corrected chi connectivity index (χ1v) is 13.1. The number of rotatable bonds is 21. The van der Waals surface area contributed by atoms with Crippen LogP contribution in [0.4, 0.5) is 0 Å². The van der Waals surface area contributed by atoms with Gasteiger partial charge in [-0.25, -0.2) is 4.79 Å². The molecule has 0 aliphatic heterocycles. The Balaban J connectivity index is -0.000000572. The summed E-state index contributed by atoms with van der Waals surface area (Å²) in [4.78, 5) is 29.5. The number of aliphatic hydroxyl groups is 5. The van der Waals surface area contributed by atoms with Gasteiger partial charge in [-0.05, 0) is 32.1 Å². The SMILES string of the molecule is C=CC(=O)O.CCCCCCCC/C=C\CCCCCCCC(=O)O.O=C[C@H](O)[C@@H](O)[C@H](O)[C@H](O)CO. The number of carbonyl (C=O) groups is 3. The highest BCUT2D eigenvalue weighted by molar-refractivity contribution is 5.78. The maximum Gasteiger partial charge on any atom is 0.327 e. The number of aliphatic hydroxyl groups excluding tert-OH is 5. The number of hydrogen-bond acceptors (Lipinski definition) is 8. The number of allylic oxidation sites excluding steroid dienone is 2. The van der Waals surface area contributed by atoms with E-state index < -0.39 is 43.0 Å². The van der Waals surface area contributed by atoms with E-state index in [0.29, 0.717) is 6.42 Å². The first-order valence-electron chi connectivity index (χ1n) is 13.1. The Morgan fingerprint density at radius 3 is 1.57 bits per heavy atom. The number of carbonyl (C=O) groups excluding carboxylic acids is 1. The number of aldehydes is 1. The average Bonchev–Trinajstić information content (AvgIpc) is 2.89. The second kappa shape index (κ2) is 30.1. The summed E-state index contributed by atoms with van der Waals surface area (Å²) >= 11 is 0. The predicted molar refractivity (Wildman–Crippen MR) is 142 cm³/mol. The topological polar surface area (TPSA) is 193 Å². The van der Waals surface area contributed by atoms with Crippen molar-refractivity contribution in [3.8, 4) is 0 Å². The third-order valence-corrected chi connectivity index (χ3v) is 5.25. The van der Waals surface area contributed by atoms with Gasteiger partial charge >= 0.3 is 11.9 Å². The molecule has 0 radical (unpaired) electrons.